The molecule has 202 valence electrons. The first-order valence-electron chi connectivity index (χ1n) is 12.8. The number of terminal acetylenes is 1. The van der Waals surface area contributed by atoms with Crippen LogP contribution in [0.4, 0.5) is 14.5 Å². The summed E-state index contributed by atoms with van der Waals surface area (Å²) in [5, 5.41) is 10.7. The minimum Gasteiger partial charge on any atom is -0.388 e. The monoisotopic (exact) mass is 547 g/mol. The maximum atomic E-state index is 13.6. The van der Waals surface area contributed by atoms with Gasteiger partial charge in [-0.15, -0.1) is 6.42 Å². The first kappa shape index (κ1) is 28.4. The number of alkyl halides is 1. The molecule has 1 heterocycles. The zero-order chi connectivity index (χ0) is 27.9. The molecule has 0 radical (unpaired) electrons. The number of carbonyl (C=O) groups excluding carboxylic acids is 1. The SMILES string of the molecule is C#C/C=C(\C=C/CF)[C@@H](O)CC[C@H]1C(=O)N(c2ccc(F)cc2)[C@@H]1C1C=CC(c2cccc(S(C)=O)c2)=CC1. The van der Waals surface area contributed by atoms with Gasteiger partial charge in [-0.2, -0.15) is 0 Å². The number of aliphatic hydroxyl groups excluding tert-OH is 1. The van der Waals surface area contributed by atoms with E-state index >= 15 is 0 Å². The molecule has 4 nitrogen and oxygen atoms in total. The highest BCUT2D eigenvalue weighted by Crippen LogP contribution is 2.43. The number of carbonyl (C=O) groups is 1. The molecule has 1 N–H and O–H groups in total. The molecular weight excluding hydrogens is 516 g/mol. The van der Waals surface area contributed by atoms with Gasteiger partial charge in [0.2, 0.25) is 5.91 Å². The van der Waals surface area contributed by atoms with Crippen LogP contribution in [0, 0.1) is 30.0 Å². The van der Waals surface area contributed by atoms with Gasteiger partial charge >= 0.3 is 0 Å². The Kier molecular flexibility index (Phi) is 9.45. The van der Waals surface area contributed by atoms with Crippen molar-refractivity contribution in [2.24, 2.45) is 11.8 Å². The van der Waals surface area contributed by atoms with Crippen LogP contribution in [0.15, 0.2) is 95.5 Å². The van der Waals surface area contributed by atoms with Crippen molar-refractivity contribution in [2.45, 2.75) is 36.3 Å². The van der Waals surface area contributed by atoms with Gasteiger partial charge in [0, 0.05) is 33.6 Å². The fourth-order valence-electron chi connectivity index (χ4n) is 5.25. The van der Waals surface area contributed by atoms with Gasteiger partial charge in [0.15, 0.2) is 0 Å². The van der Waals surface area contributed by atoms with E-state index in [9.17, 15) is 22.9 Å². The largest absolute Gasteiger partial charge is 0.388 e. The van der Waals surface area contributed by atoms with Crippen LogP contribution >= 0.6 is 0 Å². The molecule has 0 bridgehead atoms. The van der Waals surface area contributed by atoms with Crippen molar-refractivity contribution in [3.63, 3.8) is 0 Å². The lowest BCUT2D eigenvalue weighted by molar-refractivity contribution is -0.131. The Labute approximate surface area is 230 Å². The van der Waals surface area contributed by atoms with E-state index in [4.69, 9.17) is 6.42 Å². The quantitative estimate of drug-likeness (QED) is 0.233. The summed E-state index contributed by atoms with van der Waals surface area (Å²) in [6, 6.07) is 13.3. The number of halogens is 2. The van der Waals surface area contributed by atoms with Crippen molar-refractivity contribution in [3.05, 3.63) is 102 Å². The molecular formula is C32H31F2NO3S. The maximum Gasteiger partial charge on any atom is 0.232 e. The van der Waals surface area contributed by atoms with Crippen LogP contribution in [0.2, 0.25) is 0 Å². The van der Waals surface area contributed by atoms with Gasteiger partial charge in [0.05, 0.1) is 18.1 Å². The van der Waals surface area contributed by atoms with Crippen molar-refractivity contribution in [3.8, 4) is 12.3 Å². The fraction of sp³-hybridized carbons (Fsp3) is 0.281. The molecule has 1 aliphatic heterocycles. The van der Waals surface area contributed by atoms with Crippen LogP contribution in [0.1, 0.15) is 24.8 Å². The summed E-state index contributed by atoms with van der Waals surface area (Å²) in [6.45, 7) is -0.672. The van der Waals surface area contributed by atoms with Crippen LogP contribution in [-0.2, 0) is 15.6 Å². The third kappa shape index (κ3) is 6.52. The highest BCUT2D eigenvalue weighted by Gasteiger charge is 2.50. The Hall–Kier alpha value is -3.60. The number of β-lactam (4-membered cyclic amide) rings is 1. The van der Waals surface area contributed by atoms with Gasteiger partial charge in [0.25, 0.3) is 0 Å². The zero-order valence-corrected chi connectivity index (χ0v) is 22.5. The molecule has 1 fully saturated rings. The van der Waals surface area contributed by atoms with E-state index in [1.807, 2.05) is 30.3 Å². The number of benzene rings is 2. The van der Waals surface area contributed by atoms with E-state index in [0.717, 1.165) is 16.0 Å². The van der Waals surface area contributed by atoms with Crippen LogP contribution in [-0.4, -0.2) is 40.3 Å². The molecule has 0 aromatic heterocycles. The van der Waals surface area contributed by atoms with Crippen molar-refractivity contribution in [2.75, 3.05) is 17.8 Å². The van der Waals surface area contributed by atoms with Gasteiger partial charge in [-0.05, 0) is 78.4 Å². The van der Waals surface area contributed by atoms with Gasteiger partial charge in [-0.3, -0.25) is 9.00 Å². The van der Waals surface area contributed by atoms with Crippen LogP contribution < -0.4 is 4.90 Å². The molecule has 2 aromatic carbocycles. The summed E-state index contributed by atoms with van der Waals surface area (Å²) in [5.41, 5.74) is 3.05. The van der Waals surface area contributed by atoms with Crippen molar-refractivity contribution >= 4 is 28.0 Å². The standard InChI is InChI=1S/C32H31F2NO3S/c1-3-6-23(8-5-20-33)30(36)19-18-29-31(35(32(29)37)27-16-14-26(34)15-17-27)24-12-10-22(11-13-24)25-7-4-9-28(21-25)39(2)38/h1,4-12,14-17,21,24,29-31,36H,13,18-20H2,2H3/b8-5-,23-6+/t24?,29-,30+,31-,39?/m1/s1. The lowest BCUT2D eigenvalue weighted by Gasteiger charge is -2.51. The number of allylic oxidation sites excluding steroid dienone is 5. The second-order valence-electron chi connectivity index (χ2n) is 9.64. The number of nitrogens with zero attached hydrogens (tertiary/aromatic N) is 1. The molecule has 0 saturated carbocycles. The van der Waals surface area contributed by atoms with Crippen molar-refractivity contribution in [1.82, 2.24) is 0 Å². The summed E-state index contributed by atoms with van der Waals surface area (Å²) in [6.07, 6.45) is 17.9. The minimum absolute atomic E-state index is 0.00860. The molecule has 39 heavy (non-hydrogen) atoms. The van der Waals surface area contributed by atoms with Crippen molar-refractivity contribution < 1.29 is 22.9 Å². The second-order valence-corrected chi connectivity index (χ2v) is 11.0. The Morgan fingerprint density at radius 1 is 1.28 bits per heavy atom. The minimum atomic E-state index is -1.08. The van der Waals surface area contributed by atoms with Crippen LogP contribution in [0.5, 0.6) is 0 Å². The lowest BCUT2D eigenvalue weighted by atomic mass is 9.72. The first-order valence-corrected chi connectivity index (χ1v) is 14.4. The molecule has 1 saturated heterocycles. The number of anilines is 1. The van der Waals surface area contributed by atoms with E-state index in [1.165, 1.54) is 30.4 Å². The molecule has 1 amide bonds. The lowest BCUT2D eigenvalue weighted by Crippen LogP contribution is -2.64. The molecule has 4 rings (SSSR count). The first-order chi connectivity index (χ1) is 18.8. The molecule has 0 spiro atoms. The fourth-order valence-corrected chi connectivity index (χ4v) is 5.81. The van der Waals surface area contributed by atoms with Gasteiger partial charge in [-0.1, -0.05) is 48.4 Å². The number of rotatable bonds is 10. The van der Waals surface area contributed by atoms with E-state index in [0.29, 0.717) is 24.1 Å². The van der Waals surface area contributed by atoms with Gasteiger partial charge in [-0.25, -0.2) is 8.78 Å². The Morgan fingerprint density at radius 2 is 2.05 bits per heavy atom. The third-order valence-electron chi connectivity index (χ3n) is 7.23. The zero-order valence-electron chi connectivity index (χ0n) is 21.7. The topological polar surface area (TPSA) is 57.6 Å². The van der Waals surface area contributed by atoms with Gasteiger partial charge < -0.3 is 10.0 Å². The summed E-state index contributed by atoms with van der Waals surface area (Å²) in [7, 11) is -1.08. The Balaban J connectivity index is 1.54. The van der Waals surface area contributed by atoms with E-state index in [2.05, 4.69) is 18.1 Å². The Morgan fingerprint density at radius 3 is 2.69 bits per heavy atom. The average molecular weight is 548 g/mol. The maximum absolute atomic E-state index is 13.6. The van der Waals surface area contributed by atoms with E-state index in [-0.39, 0.29) is 36.0 Å². The van der Waals surface area contributed by atoms with Gasteiger partial charge in [0.1, 0.15) is 12.5 Å². The molecule has 2 aromatic rings. The second kappa shape index (κ2) is 13.0. The molecule has 2 aliphatic rings. The third-order valence-corrected chi connectivity index (χ3v) is 8.14. The number of aliphatic hydroxyl groups is 1. The highest BCUT2D eigenvalue weighted by molar-refractivity contribution is 7.84. The molecule has 1 aliphatic carbocycles. The van der Waals surface area contributed by atoms with E-state index in [1.54, 1.807) is 23.3 Å². The predicted octanol–water partition coefficient (Wildman–Crippen LogP) is 5.78. The normalized spacial score (nSPS) is 22.8. The molecule has 2 unspecified atom stereocenters. The van der Waals surface area contributed by atoms with Crippen molar-refractivity contribution in [1.29, 1.82) is 0 Å². The predicted molar refractivity (Wildman–Crippen MR) is 152 cm³/mol. The molecule has 7 heteroatoms. The summed E-state index contributed by atoms with van der Waals surface area (Å²) in [4.78, 5) is 15.8. The summed E-state index contributed by atoms with van der Waals surface area (Å²) < 4.78 is 38.1. The smallest absolute Gasteiger partial charge is 0.232 e. The summed E-state index contributed by atoms with van der Waals surface area (Å²) in [5.74, 6) is 1.57. The van der Waals surface area contributed by atoms with Crippen LogP contribution in [0.3, 0.4) is 0 Å². The summed E-state index contributed by atoms with van der Waals surface area (Å²) >= 11 is 0. The number of hydrogen-bond acceptors (Lipinski definition) is 3. The molecule has 5 atom stereocenters. The average Bonchev–Trinajstić information content (AvgIpc) is 2.95. The van der Waals surface area contributed by atoms with Crippen LogP contribution in [0.25, 0.3) is 5.57 Å². The Bertz CT molecular complexity index is 1390. The van der Waals surface area contributed by atoms with E-state index < -0.39 is 23.6 Å². The number of hydrogen-bond donors (Lipinski definition) is 1. The highest BCUT2D eigenvalue weighted by atomic mass is 32.2. The number of amides is 1.